The zero-order valence-electron chi connectivity index (χ0n) is 8.04. The van der Waals surface area contributed by atoms with Crippen LogP contribution >= 0.6 is 15.9 Å². The van der Waals surface area contributed by atoms with Crippen LogP contribution in [-0.4, -0.2) is 10.9 Å². The summed E-state index contributed by atoms with van der Waals surface area (Å²) < 4.78 is 0.701. The van der Waals surface area contributed by atoms with Gasteiger partial charge in [0.2, 0.25) is 0 Å². The molecule has 1 aromatic carbocycles. The zero-order valence-corrected chi connectivity index (χ0v) is 9.63. The fraction of sp³-hybridized carbons (Fsp3) is 0.300. The van der Waals surface area contributed by atoms with Gasteiger partial charge in [-0.1, -0.05) is 15.9 Å². The van der Waals surface area contributed by atoms with E-state index in [-0.39, 0.29) is 5.78 Å². The summed E-state index contributed by atoms with van der Waals surface area (Å²) in [6.45, 7) is 3.10. The SMILES string of the molecule is CC(=O)c1cc(Br)c(C(C)O)cc1N. The van der Waals surface area contributed by atoms with Crippen molar-refractivity contribution < 1.29 is 9.90 Å². The number of nitrogens with two attached hydrogens (primary N) is 1. The number of ketones is 1. The molecule has 1 unspecified atom stereocenters. The Balaban J connectivity index is 3.31. The van der Waals surface area contributed by atoms with E-state index < -0.39 is 6.10 Å². The van der Waals surface area contributed by atoms with Crippen LogP contribution in [0.1, 0.15) is 35.9 Å². The van der Waals surface area contributed by atoms with E-state index in [1.165, 1.54) is 6.92 Å². The highest BCUT2D eigenvalue weighted by Crippen LogP contribution is 2.28. The van der Waals surface area contributed by atoms with Crippen LogP contribution in [0.5, 0.6) is 0 Å². The van der Waals surface area contributed by atoms with Crippen molar-refractivity contribution in [2.45, 2.75) is 20.0 Å². The number of carbonyl (C=O) groups is 1. The van der Waals surface area contributed by atoms with Crippen molar-refractivity contribution in [2.24, 2.45) is 0 Å². The van der Waals surface area contributed by atoms with Crippen LogP contribution in [0.15, 0.2) is 16.6 Å². The number of benzene rings is 1. The summed E-state index contributed by atoms with van der Waals surface area (Å²) in [7, 11) is 0. The molecule has 0 heterocycles. The van der Waals surface area contributed by atoms with Gasteiger partial charge in [-0.3, -0.25) is 4.79 Å². The molecule has 4 heteroatoms. The summed E-state index contributed by atoms with van der Waals surface area (Å²) in [5.41, 5.74) is 7.24. The molecule has 0 saturated carbocycles. The number of hydrogen-bond acceptors (Lipinski definition) is 3. The van der Waals surface area contributed by atoms with Crippen molar-refractivity contribution in [3.8, 4) is 0 Å². The summed E-state index contributed by atoms with van der Waals surface area (Å²) >= 11 is 3.28. The average Bonchev–Trinajstić information content (AvgIpc) is 2.07. The van der Waals surface area contributed by atoms with E-state index in [0.29, 0.717) is 21.3 Å². The molecule has 0 aromatic heterocycles. The molecule has 0 spiro atoms. The Bertz CT molecular complexity index is 375. The van der Waals surface area contributed by atoms with Gasteiger partial charge in [0.15, 0.2) is 5.78 Å². The maximum Gasteiger partial charge on any atom is 0.161 e. The van der Waals surface area contributed by atoms with Gasteiger partial charge in [0.1, 0.15) is 0 Å². The monoisotopic (exact) mass is 257 g/mol. The van der Waals surface area contributed by atoms with E-state index >= 15 is 0 Å². The quantitative estimate of drug-likeness (QED) is 0.631. The maximum atomic E-state index is 11.1. The second-order valence-electron chi connectivity index (χ2n) is 3.19. The standard InChI is InChI=1S/C10H12BrNO2/c1-5(13)7-4-10(12)8(6(2)14)3-9(7)11/h3-5,13H,12H2,1-2H3. The predicted molar refractivity (Wildman–Crippen MR) is 59.2 cm³/mol. The first-order chi connectivity index (χ1) is 6.43. The molecule has 14 heavy (non-hydrogen) atoms. The lowest BCUT2D eigenvalue weighted by atomic mass is 10.0. The molecule has 0 aliphatic rings. The summed E-state index contributed by atoms with van der Waals surface area (Å²) in [5.74, 6) is -0.0830. The van der Waals surface area contributed by atoms with Gasteiger partial charge >= 0.3 is 0 Å². The van der Waals surface area contributed by atoms with Crippen molar-refractivity contribution in [3.63, 3.8) is 0 Å². The van der Waals surface area contributed by atoms with Gasteiger partial charge in [0.25, 0.3) is 0 Å². The molecule has 1 aromatic rings. The molecule has 0 bridgehead atoms. The van der Waals surface area contributed by atoms with Gasteiger partial charge in [-0.05, 0) is 31.5 Å². The molecule has 76 valence electrons. The Labute approximate surface area is 91.1 Å². The van der Waals surface area contributed by atoms with Crippen LogP contribution in [0.25, 0.3) is 0 Å². The highest BCUT2D eigenvalue weighted by atomic mass is 79.9. The lowest BCUT2D eigenvalue weighted by molar-refractivity contribution is 0.101. The fourth-order valence-corrected chi connectivity index (χ4v) is 1.91. The van der Waals surface area contributed by atoms with Gasteiger partial charge in [0, 0.05) is 15.7 Å². The number of aliphatic hydroxyl groups excluding tert-OH is 1. The second-order valence-corrected chi connectivity index (χ2v) is 4.05. The number of hydrogen-bond donors (Lipinski definition) is 2. The lowest BCUT2D eigenvalue weighted by Gasteiger charge is -2.11. The number of nitrogen functional groups attached to an aromatic ring is 1. The summed E-state index contributed by atoms with van der Waals surface area (Å²) in [6.07, 6.45) is -0.604. The van der Waals surface area contributed by atoms with Crippen molar-refractivity contribution in [1.82, 2.24) is 0 Å². The molecule has 0 saturated heterocycles. The number of rotatable bonds is 2. The Kier molecular flexibility index (Phi) is 3.29. The Hall–Kier alpha value is -0.870. The first kappa shape index (κ1) is 11.2. The fourth-order valence-electron chi connectivity index (χ4n) is 1.23. The minimum atomic E-state index is -0.604. The Morgan fingerprint density at radius 1 is 1.57 bits per heavy atom. The van der Waals surface area contributed by atoms with Crippen molar-refractivity contribution in [2.75, 3.05) is 5.73 Å². The third-order valence-corrected chi connectivity index (χ3v) is 2.68. The molecule has 3 nitrogen and oxygen atoms in total. The highest BCUT2D eigenvalue weighted by molar-refractivity contribution is 9.10. The van der Waals surface area contributed by atoms with E-state index in [4.69, 9.17) is 5.73 Å². The third-order valence-electron chi connectivity index (χ3n) is 2.00. The van der Waals surface area contributed by atoms with Crippen LogP contribution in [0.3, 0.4) is 0 Å². The normalized spacial score (nSPS) is 12.6. The molecule has 1 atom stereocenters. The van der Waals surface area contributed by atoms with E-state index in [9.17, 15) is 9.90 Å². The smallest absolute Gasteiger partial charge is 0.161 e. The molecular formula is C10H12BrNO2. The molecule has 0 amide bonds. The molecule has 0 aliphatic carbocycles. The van der Waals surface area contributed by atoms with E-state index in [1.807, 2.05) is 0 Å². The molecule has 0 radical (unpaired) electrons. The number of carbonyl (C=O) groups excluding carboxylic acids is 1. The van der Waals surface area contributed by atoms with Gasteiger partial charge < -0.3 is 10.8 Å². The molecule has 1 rings (SSSR count). The third kappa shape index (κ3) is 2.13. The molecule has 0 fully saturated rings. The van der Waals surface area contributed by atoms with E-state index in [0.717, 1.165) is 0 Å². The predicted octanol–water partition coefficient (Wildman–Crippen LogP) is 2.29. The van der Waals surface area contributed by atoms with Crippen LogP contribution in [0, 0.1) is 0 Å². The van der Waals surface area contributed by atoms with Crippen LogP contribution in [0.2, 0.25) is 0 Å². The van der Waals surface area contributed by atoms with Crippen molar-refractivity contribution in [3.05, 3.63) is 27.7 Å². The van der Waals surface area contributed by atoms with Crippen molar-refractivity contribution >= 4 is 27.4 Å². The van der Waals surface area contributed by atoms with E-state index in [1.54, 1.807) is 19.1 Å². The number of aliphatic hydroxyl groups is 1. The van der Waals surface area contributed by atoms with Crippen LogP contribution in [0.4, 0.5) is 5.69 Å². The van der Waals surface area contributed by atoms with Crippen LogP contribution < -0.4 is 5.73 Å². The summed E-state index contributed by atoms with van der Waals surface area (Å²) in [4.78, 5) is 11.1. The summed E-state index contributed by atoms with van der Waals surface area (Å²) in [6, 6.07) is 3.26. The summed E-state index contributed by atoms with van der Waals surface area (Å²) in [5, 5.41) is 9.39. The van der Waals surface area contributed by atoms with Gasteiger partial charge in [-0.25, -0.2) is 0 Å². The largest absolute Gasteiger partial charge is 0.398 e. The topological polar surface area (TPSA) is 63.3 Å². The highest BCUT2D eigenvalue weighted by Gasteiger charge is 2.12. The first-order valence-corrected chi connectivity index (χ1v) is 5.00. The second kappa shape index (κ2) is 4.11. The van der Waals surface area contributed by atoms with E-state index in [2.05, 4.69) is 15.9 Å². The van der Waals surface area contributed by atoms with Crippen LogP contribution in [-0.2, 0) is 0 Å². The van der Waals surface area contributed by atoms with Gasteiger partial charge in [0.05, 0.1) is 6.10 Å². The molecule has 3 N–H and O–H groups in total. The molecular weight excluding hydrogens is 246 g/mol. The maximum absolute atomic E-state index is 11.1. The lowest BCUT2D eigenvalue weighted by Crippen LogP contribution is -2.03. The average molecular weight is 258 g/mol. The Morgan fingerprint density at radius 3 is 2.57 bits per heavy atom. The minimum Gasteiger partial charge on any atom is -0.398 e. The number of halogens is 1. The van der Waals surface area contributed by atoms with Gasteiger partial charge in [-0.15, -0.1) is 0 Å². The minimum absolute atomic E-state index is 0.0830. The van der Waals surface area contributed by atoms with Gasteiger partial charge in [-0.2, -0.15) is 0 Å². The Morgan fingerprint density at radius 2 is 2.14 bits per heavy atom. The number of anilines is 1. The van der Waals surface area contributed by atoms with Crippen molar-refractivity contribution in [1.29, 1.82) is 0 Å². The number of Topliss-reactive ketones (excluding diaryl/α,β-unsaturated/α-hetero) is 1. The zero-order chi connectivity index (χ0) is 10.9. The first-order valence-electron chi connectivity index (χ1n) is 4.21. The molecule has 0 aliphatic heterocycles.